The molecule has 0 aliphatic carbocycles. The summed E-state index contributed by atoms with van der Waals surface area (Å²) in [6.45, 7) is 5.20. The van der Waals surface area contributed by atoms with E-state index in [4.69, 9.17) is 0 Å². The lowest BCUT2D eigenvalue weighted by Gasteiger charge is -2.24. The number of benzene rings is 3. The van der Waals surface area contributed by atoms with Gasteiger partial charge in [0.25, 0.3) is 10.0 Å². The van der Waals surface area contributed by atoms with Crippen molar-refractivity contribution in [2.45, 2.75) is 37.8 Å². The molecule has 3 aromatic carbocycles. The molecule has 4 rings (SSSR count). The third-order valence-electron chi connectivity index (χ3n) is 6.03. The molecule has 0 spiro atoms. The van der Waals surface area contributed by atoms with Crippen LogP contribution in [-0.4, -0.2) is 38.9 Å². The van der Waals surface area contributed by atoms with Crippen LogP contribution >= 0.6 is 0 Å². The zero-order valence-corrected chi connectivity index (χ0v) is 20.3. The zero-order chi connectivity index (χ0) is 24.0. The Morgan fingerprint density at radius 2 is 1.59 bits per heavy atom. The fraction of sp³-hybridized carbons (Fsp3) is 0.296. The molecule has 1 amide bonds. The number of likely N-dealkylation sites (tertiary alicyclic amines) is 1. The normalized spacial score (nSPS) is 14.1. The van der Waals surface area contributed by atoms with Gasteiger partial charge in [-0.1, -0.05) is 54.6 Å². The highest BCUT2D eigenvalue weighted by atomic mass is 32.2. The van der Waals surface area contributed by atoms with E-state index in [0.717, 1.165) is 30.8 Å². The van der Waals surface area contributed by atoms with Crippen LogP contribution in [0.3, 0.4) is 0 Å². The molecule has 34 heavy (non-hydrogen) atoms. The van der Waals surface area contributed by atoms with E-state index in [2.05, 4.69) is 22.3 Å². The van der Waals surface area contributed by atoms with Crippen LogP contribution in [0.2, 0.25) is 0 Å². The van der Waals surface area contributed by atoms with Gasteiger partial charge in [0.1, 0.15) is 6.54 Å². The summed E-state index contributed by atoms with van der Waals surface area (Å²) in [7, 11) is -3.90. The van der Waals surface area contributed by atoms with Crippen LogP contribution in [0, 0.1) is 6.92 Å². The van der Waals surface area contributed by atoms with Gasteiger partial charge >= 0.3 is 0 Å². The van der Waals surface area contributed by atoms with Gasteiger partial charge in [0, 0.05) is 13.1 Å². The van der Waals surface area contributed by atoms with E-state index in [9.17, 15) is 13.2 Å². The summed E-state index contributed by atoms with van der Waals surface area (Å²) in [5.41, 5.74) is 3.62. The molecule has 1 N–H and O–H groups in total. The summed E-state index contributed by atoms with van der Waals surface area (Å²) in [4.78, 5) is 15.4. The van der Waals surface area contributed by atoms with E-state index >= 15 is 0 Å². The van der Waals surface area contributed by atoms with Gasteiger partial charge in [-0.3, -0.25) is 14.0 Å². The predicted octanol–water partition coefficient (Wildman–Crippen LogP) is 4.10. The molecule has 1 aliphatic rings. The van der Waals surface area contributed by atoms with Crippen molar-refractivity contribution in [2.24, 2.45) is 0 Å². The summed E-state index contributed by atoms with van der Waals surface area (Å²) < 4.78 is 27.9. The van der Waals surface area contributed by atoms with E-state index in [0.29, 0.717) is 12.2 Å². The lowest BCUT2D eigenvalue weighted by Crippen LogP contribution is -2.40. The quantitative estimate of drug-likeness (QED) is 0.504. The summed E-state index contributed by atoms with van der Waals surface area (Å²) in [6, 6.07) is 23.6. The van der Waals surface area contributed by atoms with Gasteiger partial charge < -0.3 is 5.32 Å². The molecule has 1 heterocycles. The van der Waals surface area contributed by atoms with Crippen LogP contribution in [0.25, 0.3) is 0 Å². The number of anilines is 1. The highest BCUT2D eigenvalue weighted by Crippen LogP contribution is 2.24. The molecule has 178 valence electrons. The summed E-state index contributed by atoms with van der Waals surface area (Å²) in [6.07, 6.45) is 2.54. The first-order chi connectivity index (χ1) is 16.4. The molecular weight excluding hydrogens is 446 g/mol. The Morgan fingerprint density at radius 3 is 2.26 bits per heavy atom. The zero-order valence-electron chi connectivity index (χ0n) is 19.5. The first-order valence-electron chi connectivity index (χ1n) is 11.6. The second-order valence-corrected chi connectivity index (χ2v) is 10.6. The van der Waals surface area contributed by atoms with Crippen molar-refractivity contribution < 1.29 is 13.2 Å². The molecule has 0 radical (unpaired) electrons. The van der Waals surface area contributed by atoms with Crippen molar-refractivity contribution in [3.05, 3.63) is 95.6 Å². The van der Waals surface area contributed by atoms with E-state index in [1.807, 2.05) is 25.1 Å². The average Bonchev–Trinajstić information content (AvgIpc) is 3.35. The standard InChI is InChI=1S/C27H31N3O3S/c1-22-8-7-9-25(18-22)30(34(32,33)26-10-3-2-4-11-26)21-27(31)28-19-23-12-14-24(15-13-23)20-29-16-5-6-17-29/h2-4,7-15,18H,5-6,16-17,19-21H2,1H3,(H,28,31). The van der Waals surface area contributed by atoms with E-state index in [1.54, 1.807) is 48.5 Å². The fourth-order valence-corrected chi connectivity index (χ4v) is 5.60. The minimum absolute atomic E-state index is 0.151. The molecule has 0 aromatic heterocycles. The third-order valence-corrected chi connectivity index (χ3v) is 7.81. The minimum atomic E-state index is -3.90. The Kier molecular flexibility index (Phi) is 7.65. The molecule has 1 aliphatic heterocycles. The average molecular weight is 478 g/mol. The van der Waals surface area contributed by atoms with Crippen LogP contribution in [0.1, 0.15) is 29.5 Å². The topological polar surface area (TPSA) is 69.7 Å². The molecule has 1 fully saturated rings. The maximum atomic E-state index is 13.4. The number of carbonyl (C=O) groups excluding carboxylic acids is 1. The largest absolute Gasteiger partial charge is 0.350 e. The lowest BCUT2D eigenvalue weighted by molar-refractivity contribution is -0.119. The maximum Gasteiger partial charge on any atom is 0.264 e. The molecular formula is C27H31N3O3S. The van der Waals surface area contributed by atoms with Crippen molar-refractivity contribution in [3.63, 3.8) is 0 Å². The number of amides is 1. The van der Waals surface area contributed by atoms with Gasteiger partial charge in [0.2, 0.25) is 5.91 Å². The molecule has 7 heteroatoms. The Bertz CT molecular complexity index is 1210. The lowest BCUT2D eigenvalue weighted by atomic mass is 10.1. The maximum absolute atomic E-state index is 13.4. The molecule has 0 unspecified atom stereocenters. The van der Waals surface area contributed by atoms with Crippen LogP contribution < -0.4 is 9.62 Å². The van der Waals surface area contributed by atoms with Crippen molar-refractivity contribution in [1.82, 2.24) is 10.2 Å². The Labute approximate surface area is 202 Å². The van der Waals surface area contributed by atoms with Crippen LogP contribution in [0.15, 0.2) is 83.8 Å². The Balaban J connectivity index is 1.43. The number of aryl methyl sites for hydroxylation is 1. The van der Waals surface area contributed by atoms with E-state index in [-0.39, 0.29) is 17.3 Å². The van der Waals surface area contributed by atoms with Gasteiger partial charge in [0.05, 0.1) is 10.6 Å². The number of nitrogens with one attached hydrogen (secondary N) is 1. The van der Waals surface area contributed by atoms with Crippen molar-refractivity contribution >= 4 is 21.6 Å². The SMILES string of the molecule is Cc1cccc(N(CC(=O)NCc2ccc(CN3CCCC3)cc2)S(=O)(=O)c2ccccc2)c1. The van der Waals surface area contributed by atoms with Crippen LogP contribution in [0.4, 0.5) is 5.69 Å². The van der Waals surface area contributed by atoms with Crippen LogP contribution in [0.5, 0.6) is 0 Å². The third kappa shape index (κ3) is 6.04. The number of rotatable bonds is 9. The van der Waals surface area contributed by atoms with Gasteiger partial charge in [-0.15, -0.1) is 0 Å². The first-order valence-corrected chi connectivity index (χ1v) is 13.1. The molecule has 0 saturated carbocycles. The fourth-order valence-electron chi connectivity index (χ4n) is 4.17. The molecule has 0 bridgehead atoms. The van der Waals surface area contributed by atoms with Gasteiger partial charge in [-0.25, -0.2) is 8.42 Å². The number of nitrogens with zero attached hydrogens (tertiary/aromatic N) is 2. The second kappa shape index (κ2) is 10.8. The number of hydrogen-bond acceptors (Lipinski definition) is 4. The van der Waals surface area contributed by atoms with Gasteiger partial charge in [-0.2, -0.15) is 0 Å². The molecule has 3 aromatic rings. The Hall–Kier alpha value is -3.16. The van der Waals surface area contributed by atoms with Crippen molar-refractivity contribution in [3.8, 4) is 0 Å². The van der Waals surface area contributed by atoms with Crippen molar-refractivity contribution in [1.29, 1.82) is 0 Å². The highest BCUT2D eigenvalue weighted by molar-refractivity contribution is 7.92. The Morgan fingerprint density at radius 1 is 0.912 bits per heavy atom. The minimum Gasteiger partial charge on any atom is -0.350 e. The van der Waals surface area contributed by atoms with E-state index in [1.165, 1.54) is 22.7 Å². The summed E-state index contributed by atoms with van der Waals surface area (Å²) in [5.74, 6) is -0.359. The van der Waals surface area contributed by atoms with E-state index < -0.39 is 10.0 Å². The molecule has 1 saturated heterocycles. The molecule has 6 nitrogen and oxygen atoms in total. The van der Waals surface area contributed by atoms with Gasteiger partial charge in [0.15, 0.2) is 0 Å². The molecule has 0 atom stereocenters. The first kappa shape index (κ1) is 24.0. The highest BCUT2D eigenvalue weighted by Gasteiger charge is 2.27. The summed E-state index contributed by atoms with van der Waals surface area (Å²) >= 11 is 0. The van der Waals surface area contributed by atoms with Gasteiger partial charge in [-0.05, 0) is 73.8 Å². The smallest absolute Gasteiger partial charge is 0.264 e. The van der Waals surface area contributed by atoms with Crippen molar-refractivity contribution in [2.75, 3.05) is 23.9 Å². The monoisotopic (exact) mass is 477 g/mol. The predicted molar refractivity (Wildman–Crippen MR) is 135 cm³/mol. The second-order valence-electron chi connectivity index (χ2n) is 8.74. The number of sulfonamides is 1. The number of hydrogen-bond donors (Lipinski definition) is 1. The van der Waals surface area contributed by atoms with Crippen LogP contribution in [-0.2, 0) is 27.9 Å². The summed E-state index contributed by atoms with van der Waals surface area (Å²) in [5, 5.41) is 2.87. The number of carbonyl (C=O) groups is 1.